The largest absolute Gasteiger partial charge is 0.352 e. The first-order valence-electron chi connectivity index (χ1n) is 12.7. The van der Waals surface area contributed by atoms with Gasteiger partial charge in [-0.05, 0) is 56.4 Å². The molecule has 3 aromatic rings. The van der Waals surface area contributed by atoms with E-state index in [0.29, 0.717) is 29.9 Å². The van der Waals surface area contributed by atoms with Crippen LogP contribution >= 0.6 is 11.6 Å². The fraction of sp³-hybridized carbons (Fsp3) is 0.464. The number of hydrogen-bond acceptors (Lipinski definition) is 4. The lowest BCUT2D eigenvalue weighted by atomic mass is 9.93. The molecule has 2 aliphatic carbocycles. The van der Waals surface area contributed by atoms with Crippen molar-refractivity contribution in [1.82, 2.24) is 15.3 Å². The van der Waals surface area contributed by atoms with Gasteiger partial charge in [0.25, 0.3) is 0 Å². The summed E-state index contributed by atoms with van der Waals surface area (Å²) in [6, 6.07) is 16.4. The number of anilines is 1. The molecule has 1 heterocycles. The molecule has 34 heavy (non-hydrogen) atoms. The summed E-state index contributed by atoms with van der Waals surface area (Å²) >= 11 is 6.32. The number of carbonyl (C=O) groups excluding carboxylic acids is 1. The zero-order valence-electron chi connectivity index (χ0n) is 19.8. The Labute approximate surface area is 206 Å². The van der Waals surface area contributed by atoms with E-state index in [1.807, 2.05) is 43.3 Å². The Bertz CT molecular complexity index is 1140. The fourth-order valence-electron chi connectivity index (χ4n) is 5.06. The summed E-state index contributed by atoms with van der Waals surface area (Å²) in [4.78, 5) is 25.3. The Kier molecular flexibility index (Phi) is 7.00. The first kappa shape index (κ1) is 23.1. The third-order valence-corrected chi connectivity index (χ3v) is 7.38. The standard InChI is InChI=1S/C28H33ClN4O/c1-19(20-8-4-2-5-9-20)30-26(34)16-17-33(23-10-6-3-7-11-23)28-24-15-14-22(29)18-25(24)31-27(32-28)21-12-13-21/h2,4-5,8-9,14-15,18-19,21,23H,3,6-7,10-13,16-17H2,1H3,(H,30,34)/t19-/m1/s1. The van der Waals surface area contributed by atoms with Crippen LogP contribution in [-0.2, 0) is 4.79 Å². The molecule has 0 spiro atoms. The second-order valence-electron chi connectivity index (χ2n) is 9.78. The van der Waals surface area contributed by atoms with Gasteiger partial charge < -0.3 is 10.2 Å². The summed E-state index contributed by atoms with van der Waals surface area (Å²) in [5.41, 5.74) is 2.02. The molecule has 1 N–H and O–H groups in total. The number of hydrogen-bond donors (Lipinski definition) is 1. The Morgan fingerprint density at radius 3 is 2.56 bits per heavy atom. The van der Waals surface area contributed by atoms with E-state index in [-0.39, 0.29) is 11.9 Å². The molecule has 0 saturated heterocycles. The van der Waals surface area contributed by atoms with Crippen molar-refractivity contribution in [3.05, 3.63) is 64.9 Å². The minimum absolute atomic E-state index is 0.0136. The predicted octanol–water partition coefficient (Wildman–Crippen LogP) is 6.57. The average Bonchev–Trinajstić information content (AvgIpc) is 3.70. The predicted molar refractivity (Wildman–Crippen MR) is 138 cm³/mol. The molecule has 2 fully saturated rings. The third kappa shape index (κ3) is 5.35. The molecule has 5 nitrogen and oxygen atoms in total. The molecule has 1 aromatic heterocycles. The van der Waals surface area contributed by atoms with Crippen LogP contribution in [0.4, 0.5) is 5.82 Å². The van der Waals surface area contributed by atoms with E-state index in [0.717, 1.165) is 53.8 Å². The molecular formula is C28H33ClN4O. The number of aromatic nitrogens is 2. The Hall–Kier alpha value is -2.66. The maximum absolute atomic E-state index is 13.0. The molecular weight excluding hydrogens is 444 g/mol. The summed E-state index contributed by atoms with van der Waals surface area (Å²) in [6.07, 6.45) is 8.74. The second-order valence-corrected chi connectivity index (χ2v) is 10.2. The minimum atomic E-state index is -0.0136. The van der Waals surface area contributed by atoms with Crippen molar-refractivity contribution in [2.75, 3.05) is 11.4 Å². The maximum atomic E-state index is 13.0. The van der Waals surface area contributed by atoms with Crippen LogP contribution in [-0.4, -0.2) is 28.5 Å². The molecule has 0 bridgehead atoms. The quantitative estimate of drug-likeness (QED) is 0.399. The Morgan fingerprint density at radius 2 is 1.82 bits per heavy atom. The lowest BCUT2D eigenvalue weighted by Crippen LogP contribution is -2.40. The monoisotopic (exact) mass is 476 g/mol. The van der Waals surface area contributed by atoms with Gasteiger partial charge in [-0.3, -0.25) is 4.79 Å². The van der Waals surface area contributed by atoms with Crippen molar-refractivity contribution in [3.63, 3.8) is 0 Å². The van der Waals surface area contributed by atoms with Crippen molar-refractivity contribution < 1.29 is 4.79 Å². The maximum Gasteiger partial charge on any atom is 0.222 e. The SMILES string of the molecule is C[C@@H](NC(=O)CCN(c1nc(C2CC2)nc2cc(Cl)ccc12)C1CCCCC1)c1ccccc1. The summed E-state index contributed by atoms with van der Waals surface area (Å²) in [7, 11) is 0. The highest BCUT2D eigenvalue weighted by Crippen LogP contribution is 2.41. The molecule has 0 unspecified atom stereocenters. The van der Waals surface area contributed by atoms with Crippen molar-refractivity contribution >= 4 is 34.2 Å². The lowest BCUT2D eigenvalue weighted by Gasteiger charge is -2.36. The normalized spacial score (nSPS) is 17.5. The van der Waals surface area contributed by atoms with Crippen molar-refractivity contribution in [2.45, 2.75) is 76.3 Å². The van der Waals surface area contributed by atoms with Crippen LogP contribution in [0.25, 0.3) is 10.9 Å². The molecule has 0 aliphatic heterocycles. The van der Waals surface area contributed by atoms with Crippen molar-refractivity contribution in [2.24, 2.45) is 0 Å². The number of halogens is 1. The van der Waals surface area contributed by atoms with Gasteiger partial charge >= 0.3 is 0 Å². The summed E-state index contributed by atoms with van der Waals surface area (Å²) in [5.74, 6) is 2.42. The van der Waals surface area contributed by atoms with Crippen LogP contribution in [0.15, 0.2) is 48.5 Å². The molecule has 1 atom stereocenters. The second kappa shape index (κ2) is 10.3. The van der Waals surface area contributed by atoms with E-state index < -0.39 is 0 Å². The van der Waals surface area contributed by atoms with Gasteiger partial charge in [-0.1, -0.05) is 61.2 Å². The smallest absolute Gasteiger partial charge is 0.222 e. The van der Waals surface area contributed by atoms with Crippen LogP contribution < -0.4 is 10.2 Å². The van der Waals surface area contributed by atoms with Gasteiger partial charge in [-0.15, -0.1) is 0 Å². The van der Waals surface area contributed by atoms with Gasteiger partial charge in [0.1, 0.15) is 11.6 Å². The van der Waals surface area contributed by atoms with E-state index >= 15 is 0 Å². The number of amides is 1. The highest BCUT2D eigenvalue weighted by atomic mass is 35.5. The molecule has 0 radical (unpaired) electrons. The number of nitrogens with one attached hydrogen (secondary N) is 1. The highest BCUT2D eigenvalue weighted by molar-refractivity contribution is 6.31. The summed E-state index contributed by atoms with van der Waals surface area (Å²) in [6.45, 7) is 2.69. The topological polar surface area (TPSA) is 58.1 Å². The average molecular weight is 477 g/mol. The van der Waals surface area contributed by atoms with Gasteiger partial charge in [-0.25, -0.2) is 9.97 Å². The van der Waals surface area contributed by atoms with Crippen LogP contribution in [0, 0.1) is 0 Å². The molecule has 2 aromatic carbocycles. The lowest BCUT2D eigenvalue weighted by molar-refractivity contribution is -0.121. The molecule has 178 valence electrons. The van der Waals surface area contributed by atoms with E-state index in [9.17, 15) is 4.79 Å². The van der Waals surface area contributed by atoms with E-state index in [1.54, 1.807) is 0 Å². The number of rotatable bonds is 8. The van der Waals surface area contributed by atoms with E-state index in [2.05, 4.69) is 22.3 Å². The molecule has 1 amide bonds. The minimum Gasteiger partial charge on any atom is -0.352 e. The number of nitrogens with zero attached hydrogens (tertiary/aromatic N) is 3. The number of benzene rings is 2. The van der Waals surface area contributed by atoms with Crippen LogP contribution in [0.3, 0.4) is 0 Å². The molecule has 2 aliphatic rings. The van der Waals surface area contributed by atoms with E-state index in [1.165, 1.54) is 19.3 Å². The van der Waals surface area contributed by atoms with Crippen LogP contribution in [0.5, 0.6) is 0 Å². The summed E-state index contributed by atoms with van der Waals surface area (Å²) in [5, 5.41) is 4.89. The summed E-state index contributed by atoms with van der Waals surface area (Å²) < 4.78 is 0. The number of fused-ring (bicyclic) bond motifs is 1. The Morgan fingerprint density at radius 1 is 1.06 bits per heavy atom. The molecule has 5 rings (SSSR count). The van der Waals surface area contributed by atoms with Gasteiger partial charge in [0, 0.05) is 35.3 Å². The highest BCUT2D eigenvalue weighted by Gasteiger charge is 2.30. The zero-order valence-corrected chi connectivity index (χ0v) is 20.6. The third-order valence-electron chi connectivity index (χ3n) is 7.14. The Balaban J connectivity index is 1.40. The molecule has 2 saturated carbocycles. The zero-order chi connectivity index (χ0) is 23.5. The van der Waals surface area contributed by atoms with E-state index in [4.69, 9.17) is 21.6 Å². The fourth-order valence-corrected chi connectivity index (χ4v) is 5.23. The first-order valence-corrected chi connectivity index (χ1v) is 13.0. The van der Waals surface area contributed by atoms with Crippen molar-refractivity contribution in [1.29, 1.82) is 0 Å². The van der Waals surface area contributed by atoms with Crippen LogP contribution in [0.2, 0.25) is 5.02 Å². The van der Waals surface area contributed by atoms with Crippen molar-refractivity contribution in [3.8, 4) is 0 Å². The van der Waals surface area contributed by atoms with Gasteiger partial charge in [0.15, 0.2) is 0 Å². The van der Waals surface area contributed by atoms with Gasteiger partial charge in [0.05, 0.1) is 11.6 Å². The molecule has 6 heteroatoms. The van der Waals surface area contributed by atoms with Crippen LogP contribution in [0.1, 0.15) is 81.6 Å². The number of carbonyl (C=O) groups is 1. The van der Waals surface area contributed by atoms with Gasteiger partial charge in [0.2, 0.25) is 5.91 Å². The first-order chi connectivity index (χ1) is 16.6. The van der Waals surface area contributed by atoms with Gasteiger partial charge in [-0.2, -0.15) is 0 Å².